The molecule has 0 saturated carbocycles. The molecule has 29 valence electrons. The Kier molecular flexibility index (Phi) is 74.4. The van der Waals surface area contributed by atoms with E-state index in [0.29, 0.717) is 0 Å². The van der Waals surface area contributed by atoms with E-state index in [0.717, 1.165) is 0 Å². The fraction of sp³-hybridized carbons (Fsp3) is 0.500. The van der Waals surface area contributed by atoms with Gasteiger partial charge >= 0.3 is 0 Å². The largest absolute Gasteiger partial charge is 0.542 e. The van der Waals surface area contributed by atoms with Gasteiger partial charge in [-0.1, -0.05) is 0 Å². The van der Waals surface area contributed by atoms with Gasteiger partial charge < -0.3 is 4.79 Å². The molecular formula is C2H3LiNiO-. The van der Waals surface area contributed by atoms with Crippen LogP contribution in [0.15, 0.2) is 0 Å². The first-order chi connectivity index (χ1) is 1.41. The number of hydrogen-bond donors (Lipinski definition) is 0. The summed E-state index contributed by atoms with van der Waals surface area (Å²) >= 11 is 0. The first kappa shape index (κ1) is 17.1. The van der Waals surface area contributed by atoms with Crippen LogP contribution in [0.1, 0.15) is 6.92 Å². The van der Waals surface area contributed by atoms with E-state index in [4.69, 9.17) is 4.79 Å². The van der Waals surface area contributed by atoms with Crippen molar-refractivity contribution in [2.75, 3.05) is 0 Å². The Morgan fingerprint density at radius 3 is 1.60 bits per heavy atom. The van der Waals surface area contributed by atoms with Gasteiger partial charge in [0, 0.05) is 35.4 Å². The zero-order chi connectivity index (χ0) is 2.71. The predicted molar refractivity (Wildman–Crippen MR) is 17.1 cm³/mol. The molecule has 0 N–H and O–H groups in total. The van der Waals surface area contributed by atoms with Crippen molar-refractivity contribution in [2.24, 2.45) is 0 Å². The second kappa shape index (κ2) is 21.7. The van der Waals surface area contributed by atoms with Crippen LogP contribution in [0.25, 0.3) is 0 Å². The molecule has 0 aromatic rings. The van der Waals surface area contributed by atoms with Crippen molar-refractivity contribution in [3.8, 4) is 0 Å². The molecule has 0 amide bonds. The Labute approximate surface area is 53.6 Å². The summed E-state index contributed by atoms with van der Waals surface area (Å²) in [6.45, 7) is 1.32. The van der Waals surface area contributed by atoms with Crippen molar-refractivity contribution in [3.63, 3.8) is 0 Å². The van der Waals surface area contributed by atoms with Gasteiger partial charge in [-0.15, -0.1) is 0 Å². The minimum absolute atomic E-state index is 0. The summed E-state index contributed by atoms with van der Waals surface area (Å²) in [4.78, 5) is 8.68. The average molecular weight is 109 g/mol. The summed E-state index contributed by atoms with van der Waals surface area (Å²) in [7, 11) is 0. The second-order valence-corrected chi connectivity index (χ2v) is 0.204. The summed E-state index contributed by atoms with van der Waals surface area (Å²) in [6.07, 6.45) is 1.50. The summed E-state index contributed by atoms with van der Waals surface area (Å²) < 4.78 is 0. The van der Waals surface area contributed by atoms with Crippen LogP contribution in [0, 0.1) is 0 Å². The molecule has 0 aliphatic rings. The van der Waals surface area contributed by atoms with Crippen molar-refractivity contribution >= 4 is 25.1 Å². The van der Waals surface area contributed by atoms with Gasteiger partial charge in [-0.2, -0.15) is 6.92 Å². The maximum Gasteiger partial charge on any atom is 0 e. The van der Waals surface area contributed by atoms with E-state index >= 15 is 0 Å². The number of hydrogen-bond acceptors (Lipinski definition) is 1. The molecule has 5 heavy (non-hydrogen) atoms. The molecule has 0 fully saturated rings. The smallest absolute Gasteiger partial charge is 0 e. The average Bonchev–Trinajstić information content (AvgIpc) is 0.918. The number of carbonyl (C=O) groups excluding carboxylic acids is 1. The SMILES string of the molecule is C[C-]=O.[Li].[Ni]. The van der Waals surface area contributed by atoms with E-state index in [1.807, 2.05) is 0 Å². The van der Waals surface area contributed by atoms with Crippen LogP contribution in [0.2, 0.25) is 0 Å². The topological polar surface area (TPSA) is 17.1 Å². The van der Waals surface area contributed by atoms with E-state index in [-0.39, 0.29) is 35.4 Å². The van der Waals surface area contributed by atoms with Crippen LogP contribution in [0.4, 0.5) is 0 Å². The van der Waals surface area contributed by atoms with Crippen molar-refractivity contribution < 1.29 is 21.3 Å². The van der Waals surface area contributed by atoms with Crippen LogP contribution < -0.4 is 0 Å². The molecule has 0 aliphatic carbocycles. The summed E-state index contributed by atoms with van der Waals surface area (Å²) in [5, 5.41) is 0. The molecular weight excluding hydrogens is 106 g/mol. The third-order valence-corrected chi connectivity index (χ3v) is 0. The second-order valence-electron chi connectivity index (χ2n) is 0.204. The predicted octanol–water partition coefficient (Wildman–Crippen LogP) is -0.267. The fourth-order valence-corrected chi connectivity index (χ4v) is 0. The Morgan fingerprint density at radius 1 is 1.60 bits per heavy atom. The number of rotatable bonds is 0. The van der Waals surface area contributed by atoms with Gasteiger partial charge in [0.25, 0.3) is 0 Å². The molecule has 0 aromatic heterocycles. The molecule has 0 unspecified atom stereocenters. The molecule has 0 rings (SSSR count). The van der Waals surface area contributed by atoms with E-state index in [1.54, 1.807) is 0 Å². The van der Waals surface area contributed by atoms with Gasteiger partial charge in [0.05, 0.1) is 0 Å². The fourth-order valence-electron chi connectivity index (χ4n) is 0. The van der Waals surface area contributed by atoms with Gasteiger partial charge in [0.2, 0.25) is 0 Å². The van der Waals surface area contributed by atoms with Gasteiger partial charge in [-0.3, -0.25) is 6.29 Å². The van der Waals surface area contributed by atoms with Gasteiger partial charge in [-0.25, -0.2) is 0 Å². The summed E-state index contributed by atoms with van der Waals surface area (Å²) in [5.74, 6) is 0. The zero-order valence-corrected chi connectivity index (χ0v) is 4.21. The molecule has 0 aliphatic heterocycles. The maximum absolute atomic E-state index is 8.68. The standard InChI is InChI=1S/C2H3O.Li.Ni/c1-2-3;;/h1H3;;/q-1;;. The van der Waals surface area contributed by atoms with Crippen molar-refractivity contribution in [1.82, 2.24) is 0 Å². The summed E-state index contributed by atoms with van der Waals surface area (Å²) in [5.41, 5.74) is 0. The first-order valence-corrected chi connectivity index (χ1v) is 0.704. The van der Waals surface area contributed by atoms with Crippen molar-refractivity contribution in [3.05, 3.63) is 0 Å². The van der Waals surface area contributed by atoms with E-state index < -0.39 is 0 Å². The van der Waals surface area contributed by atoms with E-state index in [1.165, 1.54) is 13.2 Å². The molecule has 1 radical (unpaired) electrons. The van der Waals surface area contributed by atoms with Gasteiger partial charge in [0.1, 0.15) is 0 Å². The van der Waals surface area contributed by atoms with Crippen LogP contribution in [-0.2, 0) is 21.3 Å². The molecule has 3 heteroatoms. The monoisotopic (exact) mass is 108 g/mol. The normalized spacial score (nSPS) is 2.60. The Balaban J connectivity index is -0.0000000200. The molecule has 0 bridgehead atoms. The van der Waals surface area contributed by atoms with Crippen LogP contribution in [0.3, 0.4) is 0 Å². The Bertz CT molecular complexity index is 17.1. The molecule has 0 heterocycles. The van der Waals surface area contributed by atoms with Crippen molar-refractivity contribution in [1.29, 1.82) is 0 Å². The maximum atomic E-state index is 8.68. The van der Waals surface area contributed by atoms with E-state index in [2.05, 4.69) is 0 Å². The molecule has 0 atom stereocenters. The molecule has 1 nitrogen and oxygen atoms in total. The van der Waals surface area contributed by atoms with Gasteiger partial charge in [0.15, 0.2) is 0 Å². The minimum atomic E-state index is 0. The molecule has 0 spiro atoms. The third-order valence-electron chi connectivity index (χ3n) is 0. The van der Waals surface area contributed by atoms with Gasteiger partial charge in [-0.05, 0) is 0 Å². The molecule has 0 saturated heterocycles. The third kappa shape index (κ3) is 62.7. The quantitative estimate of drug-likeness (QED) is 0.309. The van der Waals surface area contributed by atoms with Crippen molar-refractivity contribution in [2.45, 2.75) is 6.92 Å². The molecule has 0 aromatic carbocycles. The minimum Gasteiger partial charge on any atom is -0.542 e. The van der Waals surface area contributed by atoms with Crippen LogP contribution >= 0.6 is 0 Å². The first-order valence-electron chi connectivity index (χ1n) is 0.704. The Hall–Kier alpha value is 0.761. The summed E-state index contributed by atoms with van der Waals surface area (Å²) in [6, 6.07) is 0. The van der Waals surface area contributed by atoms with Crippen LogP contribution in [0.5, 0.6) is 0 Å². The Morgan fingerprint density at radius 2 is 1.60 bits per heavy atom. The van der Waals surface area contributed by atoms with E-state index in [9.17, 15) is 0 Å². The zero-order valence-electron chi connectivity index (χ0n) is 3.22. The van der Waals surface area contributed by atoms with Crippen LogP contribution in [-0.4, -0.2) is 25.1 Å².